The largest absolute Gasteiger partial charge is 0.480 e. The Morgan fingerprint density at radius 1 is 1.38 bits per heavy atom. The molecule has 2 aromatic rings. The van der Waals surface area contributed by atoms with Gasteiger partial charge in [-0.25, -0.2) is 13.2 Å². The van der Waals surface area contributed by atoms with Crippen LogP contribution < -0.4 is 4.72 Å². The van der Waals surface area contributed by atoms with Crippen molar-refractivity contribution in [2.45, 2.75) is 31.7 Å². The summed E-state index contributed by atoms with van der Waals surface area (Å²) in [5, 5.41) is 9.26. The van der Waals surface area contributed by atoms with Crippen molar-refractivity contribution >= 4 is 32.9 Å². The van der Waals surface area contributed by atoms with Gasteiger partial charge in [0.2, 0.25) is 15.8 Å². The van der Waals surface area contributed by atoms with Crippen LogP contribution in [0.1, 0.15) is 30.0 Å². The Morgan fingerprint density at radius 3 is 2.62 bits per heavy atom. The lowest BCUT2D eigenvalue weighted by Crippen LogP contribution is -2.38. The van der Waals surface area contributed by atoms with E-state index in [1.807, 2.05) is 0 Å². The van der Waals surface area contributed by atoms with Crippen LogP contribution in [-0.4, -0.2) is 38.1 Å². The summed E-state index contributed by atoms with van der Waals surface area (Å²) in [6, 6.07) is 2.74. The first-order valence-electron chi connectivity index (χ1n) is 7.12. The summed E-state index contributed by atoms with van der Waals surface area (Å²) in [7, 11) is -4.02. The summed E-state index contributed by atoms with van der Waals surface area (Å²) in [5.74, 6) is -1.91. The van der Waals surface area contributed by atoms with Gasteiger partial charge in [0.1, 0.15) is 11.6 Å². The van der Waals surface area contributed by atoms with Gasteiger partial charge in [-0.15, -0.1) is 0 Å². The first kappa shape index (κ1) is 18.0. The van der Waals surface area contributed by atoms with Gasteiger partial charge in [0.15, 0.2) is 0 Å². The number of hydrogen-bond donors (Lipinski definition) is 2. The van der Waals surface area contributed by atoms with Crippen molar-refractivity contribution < 1.29 is 32.3 Å². The van der Waals surface area contributed by atoms with Gasteiger partial charge in [-0.1, -0.05) is 0 Å². The fourth-order valence-electron chi connectivity index (χ4n) is 2.11. The Bertz CT molecular complexity index is 898. The molecule has 130 valence electrons. The predicted octanol–water partition coefficient (Wildman–Crippen LogP) is 1.67. The molecule has 0 fully saturated rings. The van der Waals surface area contributed by atoms with Gasteiger partial charge in [-0.05, 0) is 39.0 Å². The first-order chi connectivity index (χ1) is 11.2. The van der Waals surface area contributed by atoms with Gasteiger partial charge in [0.25, 0.3) is 0 Å². The van der Waals surface area contributed by atoms with Crippen LogP contribution in [0.25, 0.3) is 11.0 Å². The minimum atomic E-state index is -4.02. The highest BCUT2D eigenvalue weighted by Crippen LogP contribution is 2.28. The second-order valence-corrected chi connectivity index (χ2v) is 6.83. The second kappa shape index (κ2) is 6.62. The molecule has 1 aromatic heterocycles. The van der Waals surface area contributed by atoms with E-state index in [4.69, 9.17) is 14.3 Å². The van der Waals surface area contributed by atoms with Crippen molar-refractivity contribution in [3.8, 4) is 0 Å². The first-order valence-corrected chi connectivity index (χ1v) is 8.61. The molecule has 0 saturated carbocycles. The number of nitrogens with one attached hydrogen (secondary N) is 1. The molecule has 1 unspecified atom stereocenters. The molecule has 0 aliphatic heterocycles. The molecule has 0 bridgehead atoms. The Morgan fingerprint density at radius 2 is 2.04 bits per heavy atom. The zero-order chi connectivity index (χ0) is 18.1. The molecular formula is C15H17NO7S. The van der Waals surface area contributed by atoms with Gasteiger partial charge in [-0.2, -0.15) is 4.72 Å². The van der Waals surface area contributed by atoms with E-state index in [1.54, 1.807) is 13.8 Å². The Labute approximate surface area is 138 Å². The van der Waals surface area contributed by atoms with Crippen LogP contribution >= 0.6 is 0 Å². The van der Waals surface area contributed by atoms with Crippen molar-refractivity contribution in [1.82, 2.24) is 4.72 Å². The number of rotatable bonds is 6. The number of aliphatic carboxylic acids is 1. The standard InChI is InChI=1S/C15H17NO7S/c1-4-22-15(19)13-8(2)11-7-10(5-6-12(11)23-13)24(20,21)16-9(3)14(17)18/h5-7,9,16H,4H2,1-3H3,(H,17,18). The van der Waals surface area contributed by atoms with E-state index in [2.05, 4.69) is 4.72 Å². The molecule has 2 rings (SSSR count). The minimum absolute atomic E-state index is 0.00765. The zero-order valence-corrected chi connectivity index (χ0v) is 14.1. The number of furan rings is 1. The van der Waals surface area contributed by atoms with Crippen LogP contribution in [0.4, 0.5) is 0 Å². The maximum atomic E-state index is 12.2. The average molecular weight is 355 g/mol. The van der Waals surface area contributed by atoms with Crippen LogP contribution in [0.5, 0.6) is 0 Å². The number of fused-ring (bicyclic) bond motifs is 1. The van der Waals surface area contributed by atoms with Gasteiger partial charge in [0.05, 0.1) is 11.5 Å². The topological polar surface area (TPSA) is 123 Å². The number of esters is 1. The highest BCUT2D eigenvalue weighted by atomic mass is 32.2. The molecule has 8 nitrogen and oxygen atoms in total. The monoisotopic (exact) mass is 355 g/mol. The van der Waals surface area contributed by atoms with Gasteiger partial charge in [0, 0.05) is 10.9 Å². The molecule has 9 heteroatoms. The van der Waals surface area contributed by atoms with E-state index in [-0.39, 0.29) is 17.3 Å². The third kappa shape index (κ3) is 3.41. The fourth-order valence-corrected chi connectivity index (χ4v) is 3.33. The molecule has 0 aliphatic carbocycles. The normalized spacial score (nSPS) is 13.0. The van der Waals surface area contributed by atoms with Crippen molar-refractivity contribution in [1.29, 1.82) is 0 Å². The lowest BCUT2D eigenvalue weighted by Gasteiger charge is -2.10. The van der Waals surface area contributed by atoms with E-state index in [9.17, 15) is 18.0 Å². The van der Waals surface area contributed by atoms with E-state index in [0.717, 1.165) is 0 Å². The number of ether oxygens (including phenoxy) is 1. The van der Waals surface area contributed by atoms with Crippen LogP contribution in [0, 0.1) is 6.92 Å². The van der Waals surface area contributed by atoms with Crippen LogP contribution in [-0.2, 0) is 19.6 Å². The third-order valence-electron chi connectivity index (χ3n) is 3.38. The second-order valence-electron chi connectivity index (χ2n) is 5.12. The predicted molar refractivity (Wildman–Crippen MR) is 84.3 cm³/mol. The fraction of sp³-hybridized carbons (Fsp3) is 0.333. The molecule has 0 radical (unpaired) electrons. The number of benzene rings is 1. The minimum Gasteiger partial charge on any atom is -0.480 e. The van der Waals surface area contributed by atoms with Crippen molar-refractivity contribution in [3.63, 3.8) is 0 Å². The number of carbonyl (C=O) groups excluding carboxylic acids is 1. The van der Waals surface area contributed by atoms with Crippen molar-refractivity contribution in [3.05, 3.63) is 29.5 Å². The van der Waals surface area contributed by atoms with E-state index in [0.29, 0.717) is 16.5 Å². The van der Waals surface area contributed by atoms with Crippen LogP contribution in [0.15, 0.2) is 27.5 Å². The third-order valence-corrected chi connectivity index (χ3v) is 4.92. The summed E-state index contributed by atoms with van der Waals surface area (Å²) >= 11 is 0. The Hall–Kier alpha value is -2.39. The van der Waals surface area contributed by atoms with Crippen molar-refractivity contribution in [2.75, 3.05) is 6.61 Å². The molecule has 0 saturated heterocycles. The smallest absolute Gasteiger partial charge is 0.374 e. The number of carboxylic acids is 1. The summed E-state index contributed by atoms with van der Waals surface area (Å²) in [4.78, 5) is 22.5. The molecule has 1 aromatic carbocycles. The van der Waals surface area contributed by atoms with Crippen LogP contribution in [0.3, 0.4) is 0 Å². The summed E-state index contributed by atoms with van der Waals surface area (Å²) in [6.07, 6.45) is 0. The average Bonchev–Trinajstić information content (AvgIpc) is 2.84. The molecule has 2 N–H and O–H groups in total. The molecule has 0 aliphatic rings. The molecule has 1 atom stereocenters. The van der Waals surface area contributed by atoms with E-state index < -0.39 is 28.0 Å². The number of aryl methyl sites for hydroxylation is 1. The highest BCUT2D eigenvalue weighted by Gasteiger charge is 2.24. The van der Waals surface area contributed by atoms with E-state index >= 15 is 0 Å². The maximum absolute atomic E-state index is 12.2. The van der Waals surface area contributed by atoms with Gasteiger partial charge >= 0.3 is 11.9 Å². The van der Waals surface area contributed by atoms with Gasteiger partial charge < -0.3 is 14.3 Å². The summed E-state index contributed by atoms with van der Waals surface area (Å²) in [5.41, 5.74) is 0.785. The number of sulfonamides is 1. The SMILES string of the molecule is CCOC(=O)c1oc2ccc(S(=O)(=O)NC(C)C(=O)O)cc2c1C. The zero-order valence-electron chi connectivity index (χ0n) is 13.3. The maximum Gasteiger partial charge on any atom is 0.374 e. The lowest BCUT2D eigenvalue weighted by atomic mass is 10.1. The number of hydrogen-bond acceptors (Lipinski definition) is 6. The summed E-state index contributed by atoms with van der Waals surface area (Å²) in [6.45, 7) is 4.68. The molecule has 24 heavy (non-hydrogen) atoms. The quantitative estimate of drug-likeness (QED) is 0.756. The molecule has 1 heterocycles. The summed E-state index contributed by atoms with van der Waals surface area (Å²) < 4.78 is 36.9. The number of carboxylic acid groups (broad SMARTS) is 1. The van der Waals surface area contributed by atoms with Crippen LogP contribution in [0.2, 0.25) is 0 Å². The molecular weight excluding hydrogens is 338 g/mol. The van der Waals surface area contributed by atoms with Crippen molar-refractivity contribution in [2.24, 2.45) is 0 Å². The highest BCUT2D eigenvalue weighted by molar-refractivity contribution is 7.89. The lowest BCUT2D eigenvalue weighted by molar-refractivity contribution is -0.138. The van der Waals surface area contributed by atoms with E-state index in [1.165, 1.54) is 25.1 Å². The Kier molecular flexibility index (Phi) is 4.95. The Balaban J connectivity index is 2.46. The molecule has 0 amide bonds. The number of carbonyl (C=O) groups is 2. The molecule has 0 spiro atoms. The van der Waals surface area contributed by atoms with Gasteiger partial charge in [-0.3, -0.25) is 4.79 Å².